The highest BCUT2D eigenvalue weighted by Crippen LogP contribution is 2.30. The zero-order chi connectivity index (χ0) is 18.9. The van der Waals surface area contributed by atoms with E-state index in [1.165, 1.54) is 31.3 Å². The Morgan fingerprint density at radius 1 is 1.15 bits per heavy atom. The maximum Gasteiger partial charge on any atom is 0.249 e. The molecule has 2 heterocycles. The molecule has 7 nitrogen and oxygen atoms in total. The van der Waals surface area contributed by atoms with Gasteiger partial charge in [0.25, 0.3) is 0 Å². The molecule has 0 amide bonds. The van der Waals surface area contributed by atoms with E-state index in [0.29, 0.717) is 11.7 Å². The molecule has 1 aliphatic carbocycles. The van der Waals surface area contributed by atoms with Crippen molar-refractivity contribution < 1.29 is 8.42 Å². The van der Waals surface area contributed by atoms with E-state index < -0.39 is 10.0 Å². The van der Waals surface area contributed by atoms with Crippen molar-refractivity contribution in [3.8, 4) is 0 Å². The number of nitrogens with one attached hydrogen (secondary N) is 1. The first kappa shape index (κ1) is 18.7. The maximum absolute atomic E-state index is 11.3. The molecule has 0 unspecified atom stereocenters. The van der Waals surface area contributed by atoms with Crippen LogP contribution in [0, 0.1) is 5.92 Å². The predicted octanol–water partition coefficient (Wildman–Crippen LogP) is 1.93. The molecule has 2 aromatic rings. The first-order valence-electron chi connectivity index (χ1n) is 9.26. The summed E-state index contributed by atoms with van der Waals surface area (Å²) >= 11 is 1.05. The number of piperazine rings is 1. The standard InChI is InChI=1S/C18H25N5O2S2/c19-27(24,25)17-12-21-18(26-17)20-11-14-3-5-16(6-4-14)23-9-7-22(8-10-23)13-15-1-2-15/h3-6,12,15H,1-2,7-11,13H2,(H,20,21)(H2,19,24,25). The van der Waals surface area contributed by atoms with Crippen molar-refractivity contribution in [2.75, 3.05) is 42.9 Å². The molecule has 146 valence electrons. The van der Waals surface area contributed by atoms with Gasteiger partial charge < -0.3 is 10.2 Å². The van der Waals surface area contributed by atoms with Crippen LogP contribution >= 0.6 is 11.3 Å². The van der Waals surface area contributed by atoms with E-state index >= 15 is 0 Å². The quantitative estimate of drug-likeness (QED) is 0.729. The lowest BCUT2D eigenvalue weighted by Crippen LogP contribution is -2.47. The van der Waals surface area contributed by atoms with Crippen molar-refractivity contribution in [1.82, 2.24) is 9.88 Å². The molecule has 0 spiro atoms. The molecular weight excluding hydrogens is 382 g/mol. The highest BCUT2D eigenvalue weighted by Gasteiger charge is 2.26. The summed E-state index contributed by atoms with van der Waals surface area (Å²) < 4.78 is 22.7. The molecule has 1 saturated heterocycles. The molecule has 1 saturated carbocycles. The van der Waals surface area contributed by atoms with Crippen molar-refractivity contribution in [1.29, 1.82) is 0 Å². The third-order valence-corrected chi connectivity index (χ3v) is 7.46. The van der Waals surface area contributed by atoms with E-state index in [2.05, 4.69) is 44.4 Å². The number of aromatic nitrogens is 1. The van der Waals surface area contributed by atoms with Crippen LogP contribution in [0.3, 0.4) is 0 Å². The van der Waals surface area contributed by atoms with E-state index in [9.17, 15) is 8.42 Å². The normalized spacial score (nSPS) is 18.6. The fourth-order valence-electron chi connectivity index (χ4n) is 3.33. The van der Waals surface area contributed by atoms with Gasteiger partial charge in [0.05, 0.1) is 6.20 Å². The molecule has 1 aliphatic heterocycles. The van der Waals surface area contributed by atoms with Crippen LogP contribution in [-0.2, 0) is 16.6 Å². The van der Waals surface area contributed by atoms with E-state index in [1.54, 1.807) is 0 Å². The van der Waals surface area contributed by atoms with Crippen LogP contribution in [0.1, 0.15) is 18.4 Å². The van der Waals surface area contributed by atoms with Gasteiger partial charge in [-0.3, -0.25) is 4.90 Å². The second kappa shape index (κ2) is 7.75. The van der Waals surface area contributed by atoms with E-state index in [1.807, 2.05) is 0 Å². The Balaban J connectivity index is 1.28. The summed E-state index contributed by atoms with van der Waals surface area (Å²) in [5, 5.41) is 8.81. The highest BCUT2D eigenvalue weighted by atomic mass is 32.2. The third-order valence-electron chi connectivity index (χ3n) is 5.10. The smallest absolute Gasteiger partial charge is 0.249 e. The molecule has 0 atom stereocenters. The Hall–Kier alpha value is -1.68. The second-order valence-corrected chi connectivity index (χ2v) is 10.1. The lowest BCUT2D eigenvalue weighted by Gasteiger charge is -2.36. The fourth-order valence-corrected chi connectivity index (χ4v) is 4.78. The maximum atomic E-state index is 11.3. The van der Waals surface area contributed by atoms with E-state index in [4.69, 9.17) is 5.14 Å². The molecule has 4 rings (SSSR count). The fraction of sp³-hybridized carbons (Fsp3) is 0.500. The van der Waals surface area contributed by atoms with Crippen LogP contribution in [0.2, 0.25) is 0 Å². The summed E-state index contributed by atoms with van der Waals surface area (Å²) in [7, 11) is -3.68. The Kier molecular flexibility index (Phi) is 5.36. The summed E-state index contributed by atoms with van der Waals surface area (Å²) in [5.74, 6) is 0.960. The van der Waals surface area contributed by atoms with Crippen LogP contribution in [0.25, 0.3) is 0 Å². The van der Waals surface area contributed by atoms with Gasteiger partial charge >= 0.3 is 0 Å². The van der Waals surface area contributed by atoms with Gasteiger partial charge in [-0.1, -0.05) is 23.5 Å². The number of nitrogens with zero attached hydrogens (tertiary/aromatic N) is 3. The summed E-state index contributed by atoms with van der Waals surface area (Å²) in [4.78, 5) is 9.09. The number of nitrogens with two attached hydrogens (primary N) is 1. The molecule has 27 heavy (non-hydrogen) atoms. The van der Waals surface area contributed by atoms with Crippen LogP contribution in [-0.4, -0.2) is 51.0 Å². The minimum absolute atomic E-state index is 0.0705. The minimum atomic E-state index is -3.68. The first-order valence-corrected chi connectivity index (χ1v) is 11.6. The molecule has 1 aromatic heterocycles. The average Bonchev–Trinajstić information content (AvgIpc) is 3.32. The first-order chi connectivity index (χ1) is 13.0. The molecule has 1 aromatic carbocycles. The monoisotopic (exact) mass is 407 g/mol. The molecular formula is C18H25N5O2S2. The summed E-state index contributed by atoms with van der Waals surface area (Å²) in [6.45, 7) is 6.33. The van der Waals surface area contributed by atoms with E-state index in [0.717, 1.165) is 49.0 Å². The molecule has 2 aliphatic rings. The summed E-state index contributed by atoms with van der Waals surface area (Å²) in [6, 6.07) is 8.52. The average molecular weight is 408 g/mol. The van der Waals surface area contributed by atoms with Gasteiger partial charge in [0.2, 0.25) is 10.0 Å². The van der Waals surface area contributed by atoms with Crippen LogP contribution < -0.4 is 15.4 Å². The number of anilines is 2. The molecule has 3 N–H and O–H groups in total. The lowest BCUT2D eigenvalue weighted by atomic mass is 10.1. The Morgan fingerprint density at radius 2 is 1.85 bits per heavy atom. The second-order valence-electron chi connectivity index (χ2n) is 7.28. The summed E-state index contributed by atoms with van der Waals surface area (Å²) in [5.41, 5.74) is 2.38. The number of primary sulfonamides is 1. The number of rotatable bonds is 7. The van der Waals surface area contributed by atoms with Crippen molar-refractivity contribution in [2.45, 2.75) is 23.6 Å². The largest absolute Gasteiger partial charge is 0.369 e. The number of hydrogen-bond acceptors (Lipinski definition) is 7. The molecule has 2 fully saturated rings. The Labute approximate surface area is 164 Å². The van der Waals surface area contributed by atoms with Crippen molar-refractivity contribution in [2.24, 2.45) is 11.1 Å². The van der Waals surface area contributed by atoms with Gasteiger partial charge in [0.1, 0.15) is 0 Å². The number of benzene rings is 1. The molecule has 9 heteroatoms. The van der Waals surface area contributed by atoms with E-state index in [-0.39, 0.29) is 4.21 Å². The van der Waals surface area contributed by atoms with Gasteiger partial charge in [0.15, 0.2) is 9.34 Å². The van der Waals surface area contributed by atoms with Crippen molar-refractivity contribution in [3.63, 3.8) is 0 Å². The van der Waals surface area contributed by atoms with Crippen LogP contribution in [0.15, 0.2) is 34.7 Å². The molecule has 0 bridgehead atoms. The molecule has 0 radical (unpaired) electrons. The van der Waals surface area contributed by atoms with Crippen molar-refractivity contribution >= 4 is 32.2 Å². The van der Waals surface area contributed by atoms with Crippen LogP contribution in [0.4, 0.5) is 10.8 Å². The zero-order valence-electron chi connectivity index (χ0n) is 15.2. The SMILES string of the molecule is NS(=O)(=O)c1cnc(NCc2ccc(N3CCN(CC4CC4)CC3)cc2)s1. The Morgan fingerprint density at radius 3 is 2.44 bits per heavy atom. The highest BCUT2D eigenvalue weighted by molar-refractivity contribution is 7.91. The van der Waals surface area contributed by atoms with Gasteiger partial charge in [-0.25, -0.2) is 18.5 Å². The number of thiazole rings is 1. The van der Waals surface area contributed by atoms with Gasteiger partial charge in [-0.2, -0.15) is 0 Å². The lowest BCUT2D eigenvalue weighted by molar-refractivity contribution is 0.248. The minimum Gasteiger partial charge on any atom is -0.369 e. The number of sulfonamides is 1. The summed E-state index contributed by atoms with van der Waals surface area (Å²) in [6.07, 6.45) is 4.12. The third kappa shape index (κ3) is 4.98. The Bertz CT molecular complexity index is 869. The number of hydrogen-bond donors (Lipinski definition) is 2. The van der Waals surface area contributed by atoms with Gasteiger partial charge in [0, 0.05) is 45.0 Å². The topological polar surface area (TPSA) is 91.6 Å². The van der Waals surface area contributed by atoms with Crippen LogP contribution in [0.5, 0.6) is 0 Å². The van der Waals surface area contributed by atoms with Crippen molar-refractivity contribution in [3.05, 3.63) is 36.0 Å². The van der Waals surface area contributed by atoms with Gasteiger partial charge in [-0.05, 0) is 36.5 Å². The van der Waals surface area contributed by atoms with Gasteiger partial charge in [-0.15, -0.1) is 0 Å². The predicted molar refractivity (Wildman–Crippen MR) is 109 cm³/mol. The zero-order valence-corrected chi connectivity index (χ0v) is 16.8.